The number of carboxylic acids is 1. The smallest absolute Gasteiger partial charge is 0.317 e. The molecule has 0 spiro atoms. The molecule has 6 nitrogen and oxygen atoms in total. The Morgan fingerprint density at radius 1 is 1.38 bits per heavy atom. The summed E-state index contributed by atoms with van der Waals surface area (Å²) in [6.45, 7) is 5.39. The van der Waals surface area contributed by atoms with E-state index >= 15 is 0 Å². The van der Waals surface area contributed by atoms with E-state index in [-0.39, 0.29) is 19.2 Å². The fourth-order valence-corrected chi connectivity index (χ4v) is 2.61. The molecule has 2 N–H and O–H groups in total. The monoisotopic (exact) mass is 300 g/mol. The second-order valence-electron chi connectivity index (χ2n) is 5.76. The highest BCUT2D eigenvalue weighted by atomic mass is 16.5. The number of unbranched alkanes of at least 4 members (excludes halogenated alkanes) is 1. The number of rotatable bonds is 8. The number of amides is 2. The van der Waals surface area contributed by atoms with Crippen molar-refractivity contribution in [2.45, 2.75) is 45.6 Å². The molecule has 3 unspecified atom stereocenters. The lowest BCUT2D eigenvalue weighted by molar-refractivity contribution is -0.142. The lowest BCUT2D eigenvalue weighted by atomic mass is 9.99. The summed E-state index contributed by atoms with van der Waals surface area (Å²) >= 11 is 0. The summed E-state index contributed by atoms with van der Waals surface area (Å²) in [6, 6.07) is -0.607. The van der Waals surface area contributed by atoms with Gasteiger partial charge in [-0.05, 0) is 12.3 Å². The van der Waals surface area contributed by atoms with Crippen LogP contribution >= 0.6 is 0 Å². The fourth-order valence-electron chi connectivity index (χ4n) is 2.61. The van der Waals surface area contributed by atoms with Crippen LogP contribution in [0.25, 0.3) is 0 Å². The zero-order valence-electron chi connectivity index (χ0n) is 13.3. The predicted molar refractivity (Wildman–Crippen MR) is 80.2 cm³/mol. The number of carbonyl (C=O) groups is 2. The maximum atomic E-state index is 12.2. The summed E-state index contributed by atoms with van der Waals surface area (Å²) in [4.78, 5) is 24.8. The minimum absolute atomic E-state index is 0.172. The van der Waals surface area contributed by atoms with Gasteiger partial charge in [-0.1, -0.05) is 33.1 Å². The number of urea groups is 1. The van der Waals surface area contributed by atoms with Gasteiger partial charge in [0.2, 0.25) is 0 Å². The van der Waals surface area contributed by atoms with Crippen molar-refractivity contribution in [3.63, 3.8) is 0 Å². The first-order valence-corrected chi connectivity index (χ1v) is 7.82. The van der Waals surface area contributed by atoms with Gasteiger partial charge in [0, 0.05) is 13.6 Å². The summed E-state index contributed by atoms with van der Waals surface area (Å²) in [5.74, 6) is -1.06. The average molecular weight is 300 g/mol. The standard InChI is InChI=1S/C15H28N2O4/c1-4-6-7-11(5-2)8-16-15(20)17(3)13-10-21-9-12(13)14(18)19/h11-13H,4-10H2,1-3H3,(H,16,20)(H,18,19). The van der Waals surface area contributed by atoms with E-state index in [0.717, 1.165) is 19.3 Å². The van der Waals surface area contributed by atoms with Crippen LogP contribution in [0.1, 0.15) is 39.5 Å². The van der Waals surface area contributed by atoms with Crippen LogP contribution in [0.4, 0.5) is 4.79 Å². The van der Waals surface area contributed by atoms with Gasteiger partial charge < -0.3 is 20.1 Å². The van der Waals surface area contributed by atoms with Gasteiger partial charge in [-0.3, -0.25) is 4.79 Å². The van der Waals surface area contributed by atoms with Crippen molar-refractivity contribution < 1.29 is 19.4 Å². The van der Waals surface area contributed by atoms with Crippen LogP contribution in [0, 0.1) is 11.8 Å². The zero-order chi connectivity index (χ0) is 15.8. The van der Waals surface area contributed by atoms with Crippen LogP contribution in [-0.2, 0) is 9.53 Å². The normalized spacial score (nSPS) is 22.8. The van der Waals surface area contributed by atoms with Gasteiger partial charge in [-0.25, -0.2) is 4.79 Å². The summed E-state index contributed by atoms with van der Waals surface area (Å²) in [6.07, 6.45) is 4.47. The molecule has 0 bridgehead atoms. The van der Waals surface area contributed by atoms with Crippen molar-refractivity contribution in [3.8, 4) is 0 Å². The van der Waals surface area contributed by atoms with E-state index in [0.29, 0.717) is 12.5 Å². The van der Waals surface area contributed by atoms with Crippen LogP contribution in [0.5, 0.6) is 0 Å². The zero-order valence-corrected chi connectivity index (χ0v) is 13.3. The molecule has 1 aliphatic rings. The second-order valence-corrected chi connectivity index (χ2v) is 5.76. The van der Waals surface area contributed by atoms with Crippen molar-refractivity contribution in [3.05, 3.63) is 0 Å². The van der Waals surface area contributed by atoms with E-state index in [1.54, 1.807) is 7.05 Å². The molecule has 1 rings (SSSR count). The third kappa shape index (κ3) is 5.19. The van der Waals surface area contributed by atoms with E-state index in [1.165, 1.54) is 11.3 Å². The molecule has 2 amide bonds. The van der Waals surface area contributed by atoms with Gasteiger partial charge >= 0.3 is 12.0 Å². The molecule has 0 saturated carbocycles. The van der Waals surface area contributed by atoms with Gasteiger partial charge in [0.05, 0.1) is 19.3 Å². The van der Waals surface area contributed by atoms with Crippen molar-refractivity contribution in [2.75, 3.05) is 26.8 Å². The maximum absolute atomic E-state index is 12.2. The minimum atomic E-state index is -0.911. The van der Waals surface area contributed by atoms with E-state index in [4.69, 9.17) is 9.84 Å². The number of carbonyl (C=O) groups excluding carboxylic acids is 1. The third-order valence-corrected chi connectivity index (χ3v) is 4.27. The van der Waals surface area contributed by atoms with E-state index in [9.17, 15) is 9.59 Å². The third-order valence-electron chi connectivity index (χ3n) is 4.27. The van der Waals surface area contributed by atoms with Gasteiger partial charge in [0.25, 0.3) is 0 Å². The molecule has 21 heavy (non-hydrogen) atoms. The number of nitrogens with zero attached hydrogens (tertiary/aromatic N) is 1. The number of hydrogen-bond donors (Lipinski definition) is 2. The molecular formula is C15H28N2O4. The van der Waals surface area contributed by atoms with Gasteiger partial charge in [-0.15, -0.1) is 0 Å². The molecular weight excluding hydrogens is 272 g/mol. The van der Waals surface area contributed by atoms with E-state index in [2.05, 4.69) is 19.2 Å². The molecule has 1 aliphatic heterocycles. The van der Waals surface area contributed by atoms with E-state index in [1.807, 2.05) is 0 Å². The topological polar surface area (TPSA) is 78.9 Å². The molecule has 0 aromatic rings. The molecule has 6 heteroatoms. The number of aliphatic carboxylic acids is 1. The Bertz CT molecular complexity index is 349. The first kappa shape index (κ1) is 17.8. The van der Waals surface area contributed by atoms with Crippen LogP contribution in [0.2, 0.25) is 0 Å². The molecule has 1 saturated heterocycles. The van der Waals surface area contributed by atoms with Crippen LogP contribution in [-0.4, -0.2) is 54.9 Å². The Kier molecular flexibility index (Phi) is 7.50. The summed E-state index contributed by atoms with van der Waals surface area (Å²) < 4.78 is 5.20. The number of hydrogen-bond acceptors (Lipinski definition) is 3. The Morgan fingerprint density at radius 3 is 2.67 bits per heavy atom. The van der Waals surface area contributed by atoms with Crippen molar-refractivity contribution in [2.24, 2.45) is 11.8 Å². The summed E-state index contributed by atoms with van der Waals surface area (Å²) in [5, 5.41) is 12.0. The van der Waals surface area contributed by atoms with E-state index < -0.39 is 17.9 Å². The van der Waals surface area contributed by atoms with Crippen LogP contribution in [0.15, 0.2) is 0 Å². The molecule has 0 aliphatic carbocycles. The predicted octanol–water partition coefficient (Wildman–Crippen LogP) is 1.94. The highest BCUT2D eigenvalue weighted by Crippen LogP contribution is 2.19. The van der Waals surface area contributed by atoms with Crippen molar-refractivity contribution >= 4 is 12.0 Å². The number of ether oxygens (including phenoxy) is 1. The molecule has 122 valence electrons. The first-order chi connectivity index (χ1) is 10.0. The van der Waals surface area contributed by atoms with Crippen LogP contribution in [0.3, 0.4) is 0 Å². The van der Waals surface area contributed by atoms with Gasteiger partial charge in [0.15, 0.2) is 0 Å². The highest BCUT2D eigenvalue weighted by Gasteiger charge is 2.38. The van der Waals surface area contributed by atoms with Gasteiger partial charge in [0.1, 0.15) is 5.92 Å². The summed E-state index contributed by atoms with van der Waals surface area (Å²) in [7, 11) is 1.64. The second kappa shape index (κ2) is 8.87. The van der Waals surface area contributed by atoms with Gasteiger partial charge in [-0.2, -0.15) is 0 Å². The van der Waals surface area contributed by atoms with Crippen LogP contribution < -0.4 is 5.32 Å². The van der Waals surface area contributed by atoms with Crippen molar-refractivity contribution in [1.29, 1.82) is 0 Å². The number of carboxylic acid groups (broad SMARTS) is 1. The lowest BCUT2D eigenvalue weighted by Crippen LogP contribution is -2.49. The Morgan fingerprint density at radius 2 is 2.10 bits per heavy atom. The quantitative estimate of drug-likeness (QED) is 0.718. The molecule has 0 aromatic heterocycles. The largest absolute Gasteiger partial charge is 0.481 e. The minimum Gasteiger partial charge on any atom is -0.481 e. The lowest BCUT2D eigenvalue weighted by Gasteiger charge is -2.27. The fraction of sp³-hybridized carbons (Fsp3) is 0.867. The Hall–Kier alpha value is -1.30. The number of nitrogens with one attached hydrogen (secondary N) is 1. The molecule has 1 heterocycles. The Balaban J connectivity index is 2.45. The SMILES string of the molecule is CCCCC(CC)CNC(=O)N(C)C1COCC1C(=O)O. The summed E-state index contributed by atoms with van der Waals surface area (Å²) in [5.41, 5.74) is 0. The average Bonchev–Trinajstić information content (AvgIpc) is 2.96. The molecule has 3 atom stereocenters. The van der Waals surface area contributed by atoms with Crippen molar-refractivity contribution in [1.82, 2.24) is 10.2 Å². The highest BCUT2D eigenvalue weighted by molar-refractivity contribution is 5.77. The maximum Gasteiger partial charge on any atom is 0.317 e. The molecule has 1 fully saturated rings. The molecule has 0 radical (unpaired) electrons. The number of likely N-dealkylation sites (N-methyl/N-ethyl adjacent to an activating group) is 1. The first-order valence-electron chi connectivity index (χ1n) is 7.82. The Labute approximate surface area is 126 Å². The molecule has 0 aromatic carbocycles.